The molecule has 2 saturated heterocycles. The Bertz CT molecular complexity index is 430. The second kappa shape index (κ2) is 11.5. The highest BCUT2D eigenvalue weighted by Crippen LogP contribution is 2.10. The molecule has 150 valence electrons. The summed E-state index contributed by atoms with van der Waals surface area (Å²) in [5, 5.41) is 3.12. The third kappa shape index (κ3) is 7.62. The molecular weight excluding hydrogens is 328 g/mol. The second-order valence-corrected chi connectivity index (χ2v) is 7.96. The predicted octanol–water partition coefficient (Wildman–Crippen LogP) is 1.70. The quantitative estimate of drug-likeness (QED) is 0.631. The molecule has 1 unspecified atom stereocenters. The molecule has 6 nitrogen and oxygen atoms in total. The number of amides is 2. The molecule has 0 aromatic rings. The fourth-order valence-corrected chi connectivity index (χ4v) is 3.84. The SMILES string of the molecule is CCCCCC(C)NC(=O)CN1CCN(CC(=O)N2CCCCC2)CC1. The maximum absolute atomic E-state index is 12.4. The summed E-state index contributed by atoms with van der Waals surface area (Å²) in [6.07, 6.45) is 8.23. The fraction of sp³-hybridized carbons (Fsp3) is 0.900. The minimum atomic E-state index is 0.131. The Morgan fingerprint density at radius 1 is 0.885 bits per heavy atom. The van der Waals surface area contributed by atoms with E-state index in [1.54, 1.807) is 0 Å². The van der Waals surface area contributed by atoms with Crippen LogP contribution in [0.15, 0.2) is 0 Å². The third-order valence-electron chi connectivity index (χ3n) is 5.55. The molecule has 0 aliphatic carbocycles. The van der Waals surface area contributed by atoms with Gasteiger partial charge in [-0.3, -0.25) is 19.4 Å². The van der Waals surface area contributed by atoms with Gasteiger partial charge in [0.15, 0.2) is 0 Å². The first kappa shape index (κ1) is 21.2. The van der Waals surface area contributed by atoms with E-state index in [1.807, 2.05) is 4.90 Å². The number of carbonyl (C=O) groups is 2. The lowest BCUT2D eigenvalue weighted by atomic mass is 10.1. The molecule has 1 N–H and O–H groups in total. The molecule has 0 bridgehead atoms. The average molecular weight is 367 g/mol. The van der Waals surface area contributed by atoms with Crippen LogP contribution in [0.4, 0.5) is 0 Å². The van der Waals surface area contributed by atoms with Crippen molar-refractivity contribution in [1.82, 2.24) is 20.0 Å². The Morgan fingerprint density at radius 3 is 2.12 bits per heavy atom. The highest BCUT2D eigenvalue weighted by atomic mass is 16.2. The number of piperidine rings is 1. The average Bonchev–Trinajstić information content (AvgIpc) is 2.64. The zero-order chi connectivity index (χ0) is 18.8. The standard InChI is InChI=1S/C20H38N4O2/c1-3-4-6-9-18(2)21-19(25)16-22-12-14-23(15-13-22)17-20(26)24-10-7-5-8-11-24/h18H,3-17H2,1-2H3,(H,21,25). The number of nitrogens with zero attached hydrogens (tertiary/aromatic N) is 3. The molecule has 0 aromatic heterocycles. The van der Waals surface area contributed by atoms with E-state index in [9.17, 15) is 9.59 Å². The van der Waals surface area contributed by atoms with E-state index in [2.05, 4.69) is 29.0 Å². The third-order valence-corrected chi connectivity index (χ3v) is 5.55. The van der Waals surface area contributed by atoms with Gasteiger partial charge in [0.2, 0.25) is 11.8 Å². The van der Waals surface area contributed by atoms with Crippen LogP contribution < -0.4 is 5.32 Å². The number of piperazine rings is 1. The van der Waals surface area contributed by atoms with Crippen LogP contribution >= 0.6 is 0 Å². The largest absolute Gasteiger partial charge is 0.353 e. The molecule has 2 fully saturated rings. The molecular formula is C20H38N4O2. The molecule has 0 aromatic carbocycles. The first-order valence-corrected chi connectivity index (χ1v) is 10.6. The summed E-state index contributed by atoms with van der Waals surface area (Å²) in [6.45, 7) is 10.6. The minimum Gasteiger partial charge on any atom is -0.353 e. The van der Waals surface area contributed by atoms with Gasteiger partial charge in [-0.2, -0.15) is 0 Å². The van der Waals surface area contributed by atoms with Crippen molar-refractivity contribution in [3.8, 4) is 0 Å². The summed E-state index contributed by atoms with van der Waals surface area (Å²) in [4.78, 5) is 31.0. The summed E-state index contributed by atoms with van der Waals surface area (Å²) in [5.41, 5.74) is 0. The van der Waals surface area contributed by atoms with Gasteiger partial charge in [0.1, 0.15) is 0 Å². The van der Waals surface area contributed by atoms with Crippen LogP contribution in [-0.4, -0.2) is 84.9 Å². The lowest BCUT2D eigenvalue weighted by Gasteiger charge is -2.35. The van der Waals surface area contributed by atoms with E-state index in [-0.39, 0.29) is 17.9 Å². The van der Waals surface area contributed by atoms with Crippen molar-refractivity contribution in [3.05, 3.63) is 0 Å². The lowest BCUT2D eigenvalue weighted by Crippen LogP contribution is -2.52. The first-order valence-electron chi connectivity index (χ1n) is 10.6. The Hall–Kier alpha value is -1.14. The zero-order valence-corrected chi connectivity index (χ0v) is 16.8. The van der Waals surface area contributed by atoms with Gasteiger partial charge in [0.05, 0.1) is 13.1 Å². The number of carbonyl (C=O) groups excluding carboxylic acids is 2. The Labute approximate surface area is 159 Å². The number of unbranched alkanes of at least 4 members (excludes halogenated alkanes) is 2. The van der Waals surface area contributed by atoms with Crippen molar-refractivity contribution >= 4 is 11.8 Å². The summed E-state index contributed by atoms with van der Waals surface area (Å²) in [7, 11) is 0. The van der Waals surface area contributed by atoms with E-state index in [4.69, 9.17) is 0 Å². The molecule has 2 heterocycles. The number of likely N-dealkylation sites (tertiary alicyclic amines) is 1. The lowest BCUT2D eigenvalue weighted by molar-refractivity contribution is -0.134. The number of rotatable bonds is 9. The van der Waals surface area contributed by atoms with E-state index in [1.165, 1.54) is 25.7 Å². The Morgan fingerprint density at radius 2 is 1.50 bits per heavy atom. The molecule has 2 rings (SSSR count). The van der Waals surface area contributed by atoms with Crippen LogP contribution in [0.3, 0.4) is 0 Å². The molecule has 1 atom stereocenters. The van der Waals surface area contributed by atoms with Gasteiger partial charge in [-0.15, -0.1) is 0 Å². The summed E-state index contributed by atoms with van der Waals surface area (Å²) < 4.78 is 0. The molecule has 6 heteroatoms. The van der Waals surface area contributed by atoms with Crippen molar-refractivity contribution in [1.29, 1.82) is 0 Å². The van der Waals surface area contributed by atoms with Crippen molar-refractivity contribution < 1.29 is 9.59 Å². The van der Waals surface area contributed by atoms with E-state index >= 15 is 0 Å². The van der Waals surface area contributed by atoms with Gasteiger partial charge < -0.3 is 10.2 Å². The number of hydrogen-bond donors (Lipinski definition) is 1. The van der Waals surface area contributed by atoms with Crippen LogP contribution in [-0.2, 0) is 9.59 Å². The van der Waals surface area contributed by atoms with Gasteiger partial charge in [0, 0.05) is 45.3 Å². The molecule has 2 amide bonds. The van der Waals surface area contributed by atoms with Crippen molar-refractivity contribution in [2.75, 3.05) is 52.4 Å². The van der Waals surface area contributed by atoms with Gasteiger partial charge in [-0.05, 0) is 32.6 Å². The topological polar surface area (TPSA) is 55.9 Å². The highest BCUT2D eigenvalue weighted by molar-refractivity contribution is 5.79. The molecule has 0 radical (unpaired) electrons. The van der Waals surface area contributed by atoms with Crippen LogP contribution in [0.1, 0.15) is 58.8 Å². The van der Waals surface area contributed by atoms with Crippen molar-refractivity contribution in [2.24, 2.45) is 0 Å². The molecule has 0 spiro atoms. The monoisotopic (exact) mass is 366 g/mol. The normalized spacial score (nSPS) is 20.8. The minimum absolute atomic E-state index is 0.131. The van der Waals surface area contributed by atoms with E-state index < -0.39 is 0 Å². The summed E-state index contributed by atoms with van der Waals surface area (Å²) in [6, 6.07) is 0.262. The first-order chi connectivity index (χ1) is 12.6. The van der Waals surface area contributed by atoms with Crippen LogP contribution in [0.25, 0.3) is 0 Å². The molecule has 2 aliphatic rings. The summed E-state index contributed by atoms with van der Waals surface area (Å²) in [5.74, 6) is 0.406. The molecule has 0 saturated carbocycles. The number of nitrogens with one attached hydrogen (secondary N) is 1. The maximum atomic E-state index is 12.4. The van der Waals surface area contributed by atoms with E-state index in [0.29, 0.717) is 13.1 Å². The van der Waals surface area contributed by atoms with E-state index in [0.717, 1.165) is 58.5 Å². The van der Waals surface area contributed by atoms with Gasteiger partial charge in [0.25, 0.3) is 0 Å². The molecule has 2 aliphatic heterocycles. The Kier molecular flexibility index (Phi) is 9.40. The number of hydrogen-bond acceptors (Lipinski definition) is 4. The predicted molar refractivity (Wildman–Crippen MR) is 105 cm³/mol. The van der Waals surface area contributed by atoms with Crippen LogP contribution in [0, 0.1) is 0 Å². The summed E-state index contributed by atoms with van der Waals surface area (Å²) >= 11 is 0. The fourth-order valence-electron chi connectivity index (χ4n) is 3.84. The molecule has 26 heavy (non-hydrogen) atoms. The highest BCUT2D eigenvalue weighted by Gasteiger charge is 2.23. The smallest absolute Gasteiger partial charge is 0.236 e. The maximum Gasteiger partial charge on any atom is 0.236 e. The second-order valence-electron chi connectivity index (χ2n) is 7.96. The van der Waals surface area contributed by atoms with Gasteiger partial charge >= 0.3 is 0 Å². The Balaban J connectivity index is 1.60. The van der Waals surface area contributed by atoms with Gasteiger partial charge in [-0.25, -0.2) is 0 Å². The van der Waals surface area contributed by atoms with Crippen molar-refractivity contribution in [3.63, 3.8) is 0 Å². The zero-order valence-electron chi connectivity index (χ0n) is 16.8. The van der Waals surface area contributed by atoms with Crippen molar-refractivity contribution in [2.45, 2.75) is 64.8 Å². The van der Waals surface area contributed by atoms with Crippen LogP contribution in [0.5, 0.6) is 0 Å². The van der Waals surface area contributed by atoms with Crippen LogP contribution in [0.2, 0.25) is 0 Å². The van der Waals surface area contributed by atoms with Gasteiger partial charge in [-0.1, -0.05) is 26.2 Å².